The normalized spacial score (nSPS) is 15.6. The molecule has 2 N–H and O–H groups in total. The van der Waals surface area contributed by atoms with Gasteiger partial charge in [0, 0.05) is 10.8 Å². The van der Waals surface area contributed by atoms with Crippen molar-refractivity contribution in [2.24, 2.45) is 5.92 Å². The average Bonchev–Trinajstić information content (AvgIpc) is 2.98. The molecule has 1 saturated carbocycles. The van der Waals surface area contributed by atoms with Gasteiger partial charge in [-0.2, -0.15) is 0 Å². The maximum atomic E-state index is 9.19. The molecular weight excluding hydrogens is 205 g/mol. The molecule has 1 fully saturated rings. The maximum Gasteiger partial charge on any atom is 0.492 e. The molecule has 2 aromatic rings. The highest BCUT2D eigenvalue weighted by Gasteiger charge is 2.26. The highest BCUT2D eigenvalue weighted by Crippen LogP contribution is 2.33. The molecule has 4 nitrogen and oxygen atoms in total. The van der Waals surface area contributed by atoms with Crippen molar-refractivity contribution in [2.75, 3.05) is 0 Å². The summed E-state index contributed by atoms with van der Waals surface area (Å²) in [5.41, 5.74) is 1.81. The quantitative estimate of drug-likeness (QED) is 0.733. The molecule has 5 heteroatoms. The van der Waals surface area contributed by atoms with Gasteiger partial charge in [0.25, 0.3) is 0 Å². The molecule has 82 valence electrons. The lowest BCUT2D eigenvalue weighted by molar-refractivity contribution is 0.420. The van der Waals surface area contributed by atoms with E-state index in [1.54, 1.807) is 12.1 Å². The SMILES string of the molecule is OB(O)c1cccc2c(CC3CC3)noc12. The lowest BCUT2D eigenvalue weighted by Gasteiger charge is -1.98. The molecule has 0 radical (unpaired) electrons. The van der Waals surface area contributed by atoms with Crippen LogP contribution >= 0.6 is 0 Å². The Morgan fingerprint density at radius 3 is 2.88 bits per heavy atom. The molecular formula is C11H12BNO3. The fraction of sp³-hybridized carbons (Fsp3) is 0.364. The lowest BCUT2D eigenvalue weighted by Crippen LogP contribution is -2.30. The predicted molar refractivity (Wildman–Crippen MR) is 60.3 cm³/mol. The second kappa shape index (κ2) is 3.61. The van der Waals surface area contributed by atoms with E-state index in [0.29, 0.717) is 11.0 Å². The Morgan fingerprint density at radius 2 is 2.19 bits per heavy atom. The maximum absolute atomic E-state index is 9.19. The smallest absolute Gasteiger partial charge is 0.423 e. The number of aromatic nitrogens is 1. The van der Waals surface area contributed by atoms with Crippen LogP contribution in [0.5, 0.6) is 0 Å². The first-order chi connectivity index (χ1) is 7.75. The van der Waals surface area contributed by atoms with Gasteiger partial charge >= 0.3 is 7.12 Å². The molecule has 0 aliphatic heterocycles. The number of fused-ring (bicyclic) bond motifs is 1. The number of hydrogen-bond donors (Lipinski definition) is 2. The van der Waals surface area contributed by atoms with Gasteiger partial charge in [-0.15, -0.1) is 0 Å². The van der Waals surface area contributed by atoms with Gasteiger partial charge in [-0.05, 0) is 31.2 Å². The average molecular weight is 217 g/mol. The third-order valence-electron chi connectivity index (χ3n) is 3.06. The predicted octanol–water partition coefficient (Wildman–Crippen LogP) is 0.460. The van der Waals surface area contributed by atoms with E-state index in [0.717, 1.165) is 23.4 Å². The second-order valence-electron chi connectivity index (χ2n) is 4.37. The van der Waals surface area contributed by atoms with E-state index in [2.05, 4.69) is 5.16 Å². The Bertz CT molecular complexity index is 519. The molecule has 1 heterocycles. The summed E-state index contributed by atoms with van der Waals surface area (Å²) in [6.07, 6.45) is 3.45. The fourth-order valence-corrected chi connectivity index (χ4v) is 1.98. The fourth-order valence-electron chi connectivity index (χ4n) is 1.98. The number of hydrogen-bond acceptors (Lipinski definition) is 4. The van der Waals surface area contributed by atoms with Gasteiger partial charge in [0.05, 0.1) is 5.69 Å². The van der Waals surface area contributed by atoms with Crippen LogP contribution in [0.15, 0.2) is 22.7 Å². The van der Waals surface area contributed by atoms with Crippen LogP contribution < -0.4 is 5.46 Å². The Morgan fingerprint density at radius 1 is 1.38 bits per heavy atom. The summed E-state index contributed by atoms with van der Waals surface area (Å²) in [4.78, 5) is 0. The molecule has 0 bridgehead atoms. The van der Waals surface area contributed by atoms with Crippen LogP contribution in [0.1, 0.15) is 18.5 Å². The second-order valence-corrected chi connectivity index (χ2v) is 4.37. The number of nitrogens with zero attached hydrogens (tertiary/aromatic N) is 1. The van der Waals surface area contributed by atoms with Gasteiger partial charge in [-0.3, -0.25) is 0 Å². The Balaban J connectivity index is 2.08. The third-order valence-corrected chi connectivity index (χ3v) is 3.06. The van der Waals surface area contributed by atoms with Crippen LogP contribution in [-0.2, 0) is 6.42 Å². The molecule has 1 aliphatic carbocycles. The van der Waals surface area contributed by atoms with Crippen LogP contribution in [0.3, 0.4) is 0 Å². The lowest BCUT2D eigenvalue weighted by atomic mass is 9.79. The Labute approximate surface area is 93.0 Å². The van der Waals surface area contributed by atoms with E-state index in [1.807, 2.05) is 6.07 Å². The van der Waals surface area contributed by atoms with Crippen molar-refractivity contribution < 1.29 is 14.6 Å². The molecule has 1 aromatic carbocycles. The largest absolute Gasteiger partial charge is 0.492 e. The van der Waals surface area contributed by atoms with Crippen LogP contribution in [0, 0.1) is 5.92 Å². The zero-order valence-corrected chi connectivity index (χ0v) is 8.76. The summed E-state index contributed by atoms with van der Waals surface area (Å²) >= 11 is 0. The standard InChI is InChI=1S/C11H12BNO3/c14-12(15)9-3-1-2-8-10(6-7-4-5-7)13-16-11(8)9/h1-3,7,14-15H,4-6H2. The van der Waals surface area contributed by atoms with E-state index in [-0.39, 0.29) is 0 Å². The first-order valence-corrected chi connectivity index (χ1v) is 5.49. The van der Waals surface area contributed by atoms with Crippen LogP contribution in [-0.4, -0.2) is 22.3 Å². The molecule has 0 unspecified atom stereocenters. The molecule has 0 atom stereocenters. The topological polar surface area (TPSA) is 66.5 Å². The van der Waals surface area contributed by atoms with Crippen molar-refractivity contribution in [3.63, 3.8) is 0 Å². The van der Waals surface area contributed by atoms with Crippen molar-refractivity contribution in [3.05, 3.63) is 23.9 Å². The first kappa shape index (κ1) is 9.87. The van der Waals surface area contributed by atoms with Gasteiger partial charge in [-0.25, -0.2) is 0 Å². The molecule has 0 saturated heterocycles. The minimum absolute atomic E-state index is 0.382. The van der Waals surface area contributed by atoms with Crippen LogP contribution in [0.4, 0.5) is 0 Å². The van der Waals surface area contributed by atoms with Gasteiger partial charge in [-0.1, -0.05) is 17.3 Å². The molecule has 1 aromatic heterocycles. The Hall–Kier alpha value is -1.33. The van der Waals surface area contributed by atoms with E-state index < -0.39 is 7.12 Å². The summed E-state index contributed by atoms with van der Waals surface area (Å²) in [5, 5.41) is 23.3. The highest BCUT2D eigenvalue weighted by atomic mass is 16.5. The van der Waals surface area contributed by atoms with Crippen molar-refractivity contribution >= 4 is 23.6 Å². The van der Waals surface area contributed by atoms with Gasteiger partial charge in [0.2, 0.25) is 0 Å². The highest BCUT2D eigenvalue weighted by molar-refractivity contribution is 6.61. The zero-order chi connectivity index (χ0) is 11.1. The Kier molecular flexibility index (Phi) is 2.23. The number of para-hydroxylation sites is 1. The summed E-state index contributed by atoms with van der Waals surface area (Å²) in [6, 6.07) is 5.35. The number of benzene rings is 1. The molecule has 0 amide bonds. The van der Waals surface area contributed by atoms with Crippen molar-refractivity contribution in [3.8, 4) is 0 Å². The minimum Gasteiger partial charge on any atom is -0.423 e. The van der Waals surface area contributed by atoms with E-state index >= 15 is 0 Å². The van der Waals surface area contributed by atoms with Gasteiger partial charge in [0.1, 0.15) is 0 Å². The number of rotatable bonds is 3. The molecule has 3 rings (SSSR count). The summed E-state index contributed by atoms with van der Waals surface area (Å²) in [7, 11) is -1.51. The van der Waals surface area contributed by atoms with Crippen LogP contribution in [0.2, 0.25) is 0 Å². The van der Waals surface area contributed by atoms with E-state index in [9.17, 15) is 10.0 Å². The van der Waals surface area contributed by atoms with E-state index in [4.69, 9.17) is 4.52 Å². The zero-order valence-electron chi connectivity index (χ0n) is 8.76. The summed E-state index contributed by atoms with van der Waals surface area (Å²) in [6.45, 7) is 0. The molecule has 0 spiro atoms. The van der Waals surface area contributed by atoms with Gasteiger partial charge < -0.3 is 14.6 Å². The van der Waals surface area contributed by atoms with Crippen molar-refractivity contribution in [1.82, 2.24) is 5.16 Å². The van der Waals surface area contributed by atoms with Crippen molar-refractivity contribution in [2.45, 2.75) is 19.3 Å². The summed E-state index contributed by atoms with van der Waals surface area (Å²) < 4.78 is 5.20. The van der Waals surface area contributed by atoms with Crippen LogP contribution in [0.25, 0.3) is 11.0 Å². The third kappa shape index (κ3) is 1.62. The van der Waals surface area contributed by atoms with Crippen molar-refractivity contribution in [1.29, 1.82) is 0 Å². The molecule has 16 heavy (non-hydrogen) atoms. The minimum atomic E-state index is -1.51. The molecule has 1 aliphatic rings. The van der Waals surface area contributed by atoms with Gasteiger partial charge in [0.15, 0.2) is 5.58 Å². The van der Waals surface area contributed by atoms with E-state index in [1.165, 1.54) is 12.8 Å². The summed E-state index contributed by atoms with van der Waals surface area (Å²) in [5.74, 6) is 0.732. The first-order valence-electron chi connectivity index (χ1n) is 5.49. The monoisotopic (exact) mass is 217 g/mol.